The first-order valence-corrected chi connectivity index (χ1v) is 1.52. The van der Waals surface area contributed by atoms with Gasteiger partial charge in [0.2, 0.25) is 6.41 Å². The van der Waals surface area contributed by atoms with Gasteiger partial charge in [-0.15, -0.1) is 0 Å². The normalized spacial score (nSPS) is 6.00. The molecule has 0 unspecified atom stereocenters. The zero-order valence-corrected chi connectivity index (χ0v) is 3.97. The molecule has 0 fully saturated rings. The van der Waals surface area contributed by atoms with Crippen molar-refractivity contribution in [2.45, 2.75) is 0 Å². The van der Waals surface area contributed by atoms with E-state index in [1.54, 1.807) is 0 Å². The summed E-state index contributed by atoms with van der Waals surface area (Å²) < 4.78 is 0. The monoisotopic (exact) mass is 121 g/mol. The maximum absolute atomic E-state index is 9.65. The topological polar surface area (TPSA) is 116 Å². The van der Waals surface area contributed by atoms with Gasteiger partial charge in [0, 0.05) is 0 Å². The van der Waals surface area contributed by atoms with E-state index in [1.165, 1.54) is 0 Å². The zero-order valence-electron chi connectivity index (χ0n) is 3.97. The van der Waals surface area contributed by atoms with Crippen molar-refractivity contribution in [3.63, 3.8) is 0 Å². The van der Waals surface area contributed by atoms with E-state index in [2.05, 4.69) is 5.73 Å². The SMILES string of the molecule is NC(=O)NNC=O.O. The number of hydrogen-bond donors (Lipinski definition) is 3. The molecule has 8 heavy (non-hydrogen) atoms. The van der Waals surface area contributed by atoms with Crippen LogP contribution in [0.4, 0.5) is 4.79 Å². The number of carbonyl (C=O) groups is 2. The van der Waals surface area contributed by atoms with Crippen LogP contribution in [0.25, 0.3) is 0 Å². The van der Waals surface area contributed by atoms with E-state index in [0.29, 0.717) is 6.41 Å². The molecule has 0 aliphatic carbocycles. The van der Waals surface area contributed by atoms with Gasteiger partial charge in [-0.2, -0.15) is 0 Å². The lowest BCUT2D eigenvalue weighted by Gasteiger charge is -1.92. The molecule has 0 radical (unpaired) electrons. The maximum atomic E-state index is 9.65. The largest absolute Gasteiger partial charge is 0.412 e. The lowest BCUT2D eigenvalue weighted by atomic mass is 11.1. The highest BCUT2D eigenvalue weighted by molar-refractivity contribution is 5.72. The number of carbonyl (C=O) groups excluding carboxylic acids is 2. The fourth-order valence-electron chi connectivity index (χ4n) is 0.101. The third kappa shape index (κ3) is 8.83. The van der Waals surface area contributed by atoms with Crippen LogP contribution in [0.5, 0.6) is 0 Å². The van der Waals surface area contributed by atoms with Crippen LogP contribution in [0.1, 0.15) is 0 Å². The van der Waals surface area contributed by atoms with Crippen LogP contribution in [0.2, 0.25) is 0 Å². The van der Waals surface area contributed by atoms with Crippen LogP contribution in [0, 0.1) is 0 Å². The van der Waals surface area contributed by atoms with E-state index in [1.807, 2.05) is 10.9 Å². The molecule has 6 nitrogen and oxygen atoms in total. The van der Waals surface area contributed by atoms with Crippen molar-refractivity contribution < 1.29 is 15.1 Å². The van der Waals surface area contributed by atoms with Crippen LogP contribution >= 0.6 is 0 Å². The minimum atomic E-state index is -0.785. The van der Waals surface area contributed by atoms with Gasteiger partial charge < -0.3 is 11.2 Å². The molecular weight excluding hydrogens is 114 g/mol. The number of nitrogens with two attached hydrogens (primary N) is 1. The molecule has 0 bridgehead atoms. The standard InChI is InChI=1S/C2H5N3O2.H2O/c3-2(7)5-4-1-6;/h1H,(H,4,6)(H3,3,5,7);1H2. The van der Waals surface area contributed by atoms with Crippen LogP contribution in [0.3, 0.4) is 0 Å². The van der Waals surface area contributed by atoms with Crippen molar-refractivity contribution in [1.29, 1.82) is 0 Å². The minimum Gasteiger partial charge on any atom is -0.412 e. The van der Waals surface area contributed by atoms with Crippen molar-refractivity contribution in [1.82, 2.24) is 10.9 Å². The van der Waals surface area contributed by atoms with Gasteiger partial charge >= 0.3 is 6.03 Å². The van der Waals surface area contributed by atoms with Crippen molar-refractivity contribution in [2.24, 2.45) is 5.73 Å². The molecule has 0 aromatic carbocycles. The number of hydrogen-bond acceptors (Lipinski definition) is 2. The molecule has 0 aliphatic rings. The highest BCUT2D eigenvalue weighted by Gasteiger charge is 1.81. The van der Waals surface area contributed by atoms with Crippen molar-refractivity contribution in [2.75, 3.05) is 0 Å². The molecule has 6 heteroatoms. The number of hydrazine groups is 1. The Kier molecular flexibility index (Phi) is 7.02. The summed E-state index contributed by atoms with van der Waals surface area (Å²) in [6.07, 6.45) is 0.310. The Morgan fingerprint density at radius 1 is 1.62 bits per heavy atom. The summed E-state index contributed by atoms with van der Waals surface area (Å²) in [5.74, 6) is 0. The second-order valence-electron chi connectivity index (χ2n) is 0.751. The van der Waals surface area contributed by atoms with Gasteiger partial charge in [0.05, 0.1) is 0 Å². The first-order chi connectivity index (χ1) is 3.27. The first-order valence-electron chi connectivity index (χ1n) is 1.52. The quantitative estimate of drug-likeness (QED) is 0.276. The van der Waals surface area contributed by atoms with E-state index in [-0.39, 0.29) is 5.48 Å². The molecule has 48 valence electrons. The van der Waals surface area contributed by atoms with Gasteiger partial charge in [-0.3, -0.25) is 10.2 Å². The van der Waals surface area contributed by atoms with E-state index in [4.69, 9.17) is 0 Å². The van der Waals surface area contributed by atoms with Gasteiger partial charge in [0.25, 0.3) is 0 Å². The van der Waals surface area contributed by atoms with E-state index >= 15 is 0 Å². The van der Waals surface area contributed by atoms with Crippen LogP contribution in [0.15, 0.2) is 0 Å². The predicted molar refractivity (Wildman–Crippen MR) is 25.5 cm³/mol. The summed E-state index contributed by atoms with van der Waals surface area (Å²) in [7, 11) is 0. The molecule has 0 rings (SSSR count). The number of amides is 3. The number of primary amides is 1. The van der Waals surface area contributed by atoms with Gasteiger partial charge in [0.15, 0.2) is 0 Å². The van der Waals surface area contributed by atoms with Crippen molar-refractivity contribution in [3.05, 3.63) is 0 Å². The second kappa shape index (κ2) is 5.70. The molecule has 0 saturated carbocycles. The number of urea groups is 1. The summed E-state index contributed by atoms with van der Waals surface area (Å²) in [5.41, 5.74) is 8.17. The molecule has 6 N–H and O–H groups in total. The predicted octanol–water partition coefficient (Wildman–Crippen LogP) is -2.51. The third-order valence-corrected chi connectivity index (χ3v) is 0.254. The van der Waals surface area contributed by atoms with E-state index < -0.39 is 6.03 Å². The number of nitrogens with one attached hydrogen (secondary N) is 2. The molecule has 0 heterocycles. The van der Waals surface area contributed by atoms with Crippen LogP contribution in [-0.2, 0) is 4.79 Å². The molecule has 0 aromatic rings. The summed E-state index contributed by atoms with van der Waals surface area (Å²) in [6.45, 7) is 0. The minimum absolute atomic E-state index is 0. The Bertz CT molecular complexity index is 82.6. The lowest BCUT2D eigenvalue weighted by Crippen LogP contribution is -2.39. The zero-order chi connectivity index (χ0) is 5.70. The first kappa shape index (κ1) is 9.85. The van der Waals surface area contributed by atoms with E-state index in [9.17, 15) is 9.59 Å². The Morgan fingerprint density at radius 3 is 2.25 bits per heavy atom. The molecular formula is C2H7N3O3. The Morgan fingerprint density at radius 2 is 2.12 bits per heavy atom. The Balaban J connectivity index is 0. The van der Waals surface area contributed by atoms with Crippen LogP contribution in [-0.4, -0.2) is 17.9 Å². The smallest absolute Gasteiger partial charge is 0.330 e. The van der Waals surface area contributed by atoms with Crippen LogP contribution < -0.4 is 16.6 Å². The summed E-state index contributed by atoms with van der Waals surface area (Å²) in [6, 6.07) is -0.785. The fraction of sp³-hybridized carbons (Fsp3) is 0. The lowest BCUT2D eigenvalue weighted by molar-refractivity contribution is -0.110. The van der Waals surface area contributed by atoms with Gasteiger partial charge in [-0.25, -0.2) is 10.2 Å². The van der Waals surface area contributed by atoms with Gasteiger partial charge in [-0.05, 0) is 0 Å². The average Bonchev–Trinajstić information content (AvgIpc) is 1.61. The number of rotatable bonds is 2. The Labute approximate surface area is 45.3 Å². The van der Waals surface area contributed by atoms with Gasteiger partial charge in [0.1, 0.15) is 0 Å². The third-order valence-electron chi connectivity index (χ3n) is 0.254. The summed E-state index contributed by atoms with van der Waals surface area (Å²) >= 11 is 0. The second-order valence-corrected chi connectivity index (χ2v) is 0.751. The highest BCUT2D eigenvalue weighted by atomic mass is 16.2. The molecule has 0 aliphatic heterocycles. The highest BCUT2D eigenvalue weighted by Crippen LogP contribution is 1.40. The fourth-order valence-corrected chi connectivity index (χ4v) is 0.101. The maximum Gasteiger partial charge on any atom is 0.330 e. The molecule has 3 amide bonds. The average molecular weight is 121 g/mol. The summed E-state index contributed by atoms with van der Waals surface area (Å²) in [5, 5.41) is 0. The molecule has 0 atom stereocenters. The molecule has 0 spiro atoms. The summed E-state index contributed by atoms with van der Waals surface area (Å²) in [4.78, 5) is 19.0. The van der Waals surface area contributed by atoms with Crippen molar-refractivity contribution >= 4 is 12.4 Å². The molecule has 0 saturated heterocycles. The van der Waals surface area contributed by atoms with E-state index in [0.717, 1.165) is 0 Å². The van der Waals surface area contributed by atoms with Gasteiger partial charge in [-0.1, -0.05) is 0 Å². The molecule has 0 aromatic heterocycles. The van der Waals surface area contributed by atoms with Crippen molar-refractivity contribution in [3.8, 4) is 0 Å². The Hall–Kier alpha value is -1.30.